The number of hydrogen-bond donors (Lipinski definition) is 1. The molecule has 1 saturated heterocycles. The predicted molar refractivity (Wildman–Crippen MR) is 92.7 cm³/mol. The summed E-state index contributed by atoms with van der Waals surface area (Å²) in [7, 11) is 1.63. The lowest BCUT2D eigenvalue weighted by molar-refractivity contribution is -0.117. The van der Waals surface area contributed by atoms with Gasteiger partial charge in [-0.25, -0.2) is 4.68 Å². The normalized spacial score (nSPS) is 18.5. The summed E-state index contributed by atoms with van der Waals surface area (Å²) in [6, 6.07) is 6.22. The fraction of sp³-hybridized carbons (Fsp3) is 0.529. The smallest absolute Gasteiger partial charge is 0.227 e. The fourth-order valence-electron chi connectivity index (χ4n) is 3.27. The van der Waals surface area contributed by atoms with Crippen LogP contribution >= 0.6 is 0 Å². The van der Waals surface area contributed by atoms with Gasteiger partial charge in [0.2, 0.25) is 5.91 Å². The van der Waals surface area contributed by atoms with Gasteiger partial charge in [-0.3, -0.25) is 4.79 Å². The molecule has 0 bridgehead atoms. The quantitative estimate of drug-likeness (QED) is 0.867. The van der Waals surface area contributed by atoms with Crippen molar-refractivity contribution in [1.82, 2.24) is 20.2 Å². The summed E-state index contributed by atoms with van der Waals surface area (Å²) < 4.78 is 7.42. The van der Waals surface area contributed by atoms with Crippen LogP contribution in [0.2, 0.25) is 0 Å². The number of rotatable bonds is 6. The van der Waals surface area contributed by atoms with Gasteiger partial charge in [-0.15, -0.1) is 5.10 Å². The molecule has 1 aromatic heterocycles. The lowest BCUT2D eigenvalue weighted by Gasteiger charge is -2.21. The highest BCUT2D eigenvalue weighted by atomic mass is 16.5. The molecule has 1 N–H and O–H groups in total. The van der Waals surface area contributed by atoms with Crippen LogP contribution in [0.3, 0.4) is 0 Å². The second kappa shape index (κ2) is 6.34. The molecule has 4 rings (SSSR count). The summed E-state index contributed by atoms with van der Waals surface area (Å²) in [5.74, 6) is 1.67. The number of carbonyl (C=O) groups is 1. The molecule has 8 heteroatoms. The van der Waals surface area contributed by atoms with Gasteiger partial charge < -0.3 is 15.0 Å². The summed E-state index contributed by atoms with van der Waals surface area (Å²) in [5, 5.41) is 15.5. The van der Waals surface area contributed by atoms with Crippen LogP contribution in [0.4, 0.5) is 11.4 Å². The number of carbonyl (C=O) groups excluding carboxylic acids is 1. The molecule has 0 spiro atoms. The van der Waals surface area contributed by atoms with Crippen LogP contribution in [-0.4, -0.2) is 39.8 Å². The van der Waals surface area contributed by atoms with E-state index in [1.165, 1.54) is 0 Å². The van der Waals surface area contributed by atoms with Crippen LogP contribution in [0.5, 0.6) is 5.75 Å². The van der Waals surface area contributed by atoms with Crippen LogP contribution in [0.15, 0.2) is 18.2 Å². The summed E-state index contributed by atoms with van der Waals surface area (Å²) >= 11 is 0. The minimum Gasteiger partial charge on any atom is -0.494 e. The number of tetrazole rings is 1. The Hall–Kier alpha value is -2.64. The molecule has 2 heterocycles. The Balaban J connectivity index is 1.54. The molecule has 1 aliphatic heterocycles. The zero-order valence-corrected chi connectivity index (χ0v) is 14.5. The monoisotopic (exact) mass is 342 g/mol. The molecule has 2 fully saturated rings. The Labute approximate surface area is 146 Å². The maximum atomic E-state index is 12.0. The largest absolute Gasteiger partial charge is 0.494 e. The second-order valence-corrected chi connectivity index (χ2v) is 6.61. The molecule has 2 aliphatic rings. The zero-order chi connectivity index (χ0) is 17.4. The van der Waals surface area contributed by atoms with Crippen molar-refractivity contribution in [2.75, 3.05) is 23.9 Å². The highest BCUT2D eigenvalue weighted by molar-refractivity contribution is 5.97. The van der Waals surface area contributed by atoms with Crippen molar-refractivity contribution in [1.29, 1.82) is 0 Å². The van der Waals surface area contributed by atoms with Crippen molar-refractivity contribution in [3.8, 4) is 5.75 Å². The van der Waals surface area contributed by atoms with Gasteiger partial charge in [0.1, 0.15) is 5.75 Å². The van der Waals surface area contributed by atoms with Crippen LogP contribution in [0, 0.1) is 0 Å². The average molecular weight is 342 g/mol. The van der Waals surface area contributed by atoms with Crippen molar-refractivity contribution >= 4 is 17.3 Å². The number of nitrogens with one attached hydrogen (secondary N) is 1. The molecule has 1 atom stereocenters. The Morgan fingerprint density at radius 1 is 1.36 bits per heavy atom. The van der Waals surface area contributed by atoms with Crippen molar-refractivity contribution < 1.29 is 9.53 Å². The molecule has 8 nitrogen and oxygen atoms in total. The highest BCUT2D eigenvalue weighted by Gasteiger charge is 2.29. The Bertz CT molecular complexity index is 785. The standard InChI is InChI=1S/C17H22N6O2/c1-11(17-19-20-21-23(17)13-6-7-13)18-12-5-8-14(15(10-12)25-2)22-9-3-4-16(22)24/h5,8,10-11,13,18H,3-4,6-7,9H2,1-2H3. The molecule has 1 aromatic carbocycles. The summed E-state index contributed by atoms with van der Waals surface area (Å²) in [6.07, 6.45) is 3.77. The number of aromatic nitrogens is 4. The number of ether oxygens (including phenoxy) is 1. The molecule has 2 aromatic rings. The fourth-order valence-corrected chi connectivity index (χ4v) is 3.27. The molecular formula is C17H22N6O2. The Kier molecular flexibility index (Phi) is 4.03. The minimum absolute atomic E-state index is 0.0282. The lowest BCUT2D eigenvalue weighted by Crippen LogP contribution is -2.24. The van der Waals surface area contributed by atoms with Crippen LogP contribution in [0.1, 0.15) is 50.5 Å². The van der Waals surface area contributed by atoms with Crippen molar-refractivity contribution in [2.45, 2.75) is 44.7 Å². The summed E-state index contributed by atoms with van der Waals surface area (Å²) in [5.41, 5.74) is 1.73. The highest BCUT2D eigenvalue weighted by Crippen LogP contribution is 2.37. The Morgan fingerprint density at radius 2 is 2.20 bits per heavy atom. The van der Waals surface area contributed by atoms with E-state index in [4.69, 9.17) is 4.74 Å². The van der Waals surface area contributed by atoms with E-state index in [1.807, 2.05) is 29.8 Å². The minimum atomic E-state index is -0.0282. The SMILES string of the molecule is COc1cc(NC(C)c2nnnn2C2CC2)ccc1N1CCCC1=O. The van der Waals surface area contributed by atoms with Crippen LogP contribution in [0.25, 0.3) is 0 Å². The third-order valence-corrected chi connectivity index (χ3v) is 4.73. The lowest BCUT2D eigenvalue weighted by atomic mass is 10.2. The molecule has 1 aliphatic carbocycles. The van der Waals surface area contributed by atoms with Crippen LogP contribution in [-0.2, 0) is 4.79 Å². The van der Waals surface area contributed by atoms with Crippen molar-refractivity contribution in [3.05, 3.63) is 24.0 Å². The molecule has 1 unspecified atom stereocenters. The molecule has 0 radical (unpaired) electrons. The van der Waals surface area contributed by atoms with E-state index in [9.17, 15) is 4.79 Å². The van der Waals surface area contributed by atoms with Crippen molar-refractivity contribution in [2.24, 2.45) is 0 Å². The van der Waals surface area contributed by atoms with Crippen molar-refractivity contribution in [3.63, 3.8) is 0 Å². The average Bonchev–Trinajstić information content (AvgIpc) is 3.18. The molecule has 1 saturated carbocycles. The van der Waals surface area contributed by atoms with Crippen LogP contribution < -0.4 is 15.0 Å². The van der Waals surface area contributed by atoms with Gasteiger partial charge in [0.15, 0.2) is 5.82 Å². The van der Waals surface area contributed by atoms with Gasteiger partial charge in [0.25, 0.3) is 0 Å². The van der Waals surface area contributed by atoms with Gasteiger partial charge in [0.05, 0.1) is 24.9 Å². The number of benzene rings is 1. The first-order valence-electron chi connectivity index (χ1n) is 8.70. The van der Waals surface area contributed by atoms with Gasteiger partial charge in [0, 0.05) is 24.7 Å². The number of hydrogen-bond acceptors (Lipinski definition) is 6. The predicted octanol–water partition coefficient (Wildman–Crippen LogP) is 2.32. The first-order valence-corrected chi connectivity index (χ1v) is 8.70. The van der Waals surface area contributed by atoms with Gasteiger partial charge in [-0.2, -0.15) is 0 Å². The number of methoxy groups -OCH3 is 1. The zero-order valence-electron chi connectivity index (χ0n) is 14.5. The molecular weight excluding hydrogens is 320 g/mol. The topological polar surface area (TPSA) is 85.2 Å². The second-order valence-electron chi connectivity index (χ2n) is 6.61. The van der Waals surface area contributed by atoms with Gasteiger partial charge >= 0.3 is 0 Å². The third-order valence-electron chi connectivity index (χ3n) is 4.73. The Morgan fingerprint density at radius 3 is 2.88 bits per heavy atom. The van der Waals surface area contributed by atoms with Gasteiger partial charge in [-0.05, 0) is 48.7 Å². The molecule has 25 heavy (non-hydrogen) atoms. The van der Waals surface area contributed by atoms with E-state index in [-0.39, 0.29) is 11.9 Å². The number of nitrogens with zero attached hydrogens (tertiary/aromatic N) is 5. The van der Waals surface area contributed by atoms with E-state index in [1.54, 1.807) is 12.0 Å². The summed E-state index contributed by atoms with van der Waals surface area (Å²) in [4.78, 5) is 13.8. The van der Waals surface area contributed by atoms with E-state index in [0.717, 1.165) is 43.0 Å². The van der Waals surface area contributed by atoms with E-state index in [0.29, 0.717) is 18.2 Å². The van der Waals surface area contributed by atoms with E-state index < -0.39 is 0 Å². The molecule has 132 valence electrons. The van der Waals surface area contributed by atoms with E-state index >= 15 is 0 Å². The molecule has 1 amide bonds. The first kappa shape index (κ1) is 15.9. The maximum Gasteiger partial charge on any atom is 0.227 e. The first-order chi connectivity index (χ1) is 12.2. The van der Waals surface area contributed by atoms with Gasteiger partial charge in [-0.1, -0.05) is 0 Å². The maximum absolute atomic E-state index is 12.0. The number of amides is 1. The van der Waals surface area contributed by atoms with E-state index in [2.05, 4.69) is 20.8 Å². The third kappa shape index (κ3) is 3.04. The number of anilines is 2. The summed E-state index contributed by atoms with van der Waals surface area (Å²) in [6.45, 7) is 2.78.